The molecule has 2 heterocycles. The third-order valence-corrected chi connectivity index (χ3v) is 5.15. The van der Waals surface area contributed by atoms with Crippen LogP contribution in [-0.2, 0) is 5.41 Å². The van der Waals surface area contributed by atoms with Gasteiger partial charge in [0.1, 0.15) is 19.4 Å². The molecule has 4 rings (SSSR count). The summed E-state index contributed by atoms with van der Waals surface area (Å²) in [5, 5.41) is 1.10. The van der Waals surface area contributed by atoms with Crippen LogP contribution in [0.3, 0.4) is 0 Å². The predicted molar refractivity (Wildman–Crippen MR) is 108 cm³/mol. The molecule has 0 aliphatic rings. The summed E-state index contributed by atoms with van der Waals surface area (Å²) >= 11 is 0. The van der Waals surface area contributed by atoms with Gasteiger partial charge in [-0.3, -0.25) is 0 Å². The summed E-state index contributed by atoms with van der Waals surface area (Å²) in [4.78, 5) is 11.6. The van der Waals surface area contributed by atoms with Crippen molar-refractivity contribution in [1.29, 1.82) is 0 Å². The van der Waals surface area contributed by atoms with Crippen molar-refractivity contribution in [3.05, 3.63) is 66.1 Å². The summed E-state index contributed by atoms with van der Waals surface area (Å²) < 4.78 is 5.74. The number of aryl methyl sites for hydroxylation is 1. The molecule has 2 aromatic carbocycles. The summed E-state index contributed by atoms with van der Waals surface area (Å²) in [5.74, 6) is 1.62. The molecule has 1 atom stereocenters. The Kier molecular flexibility index (Phi) is 3.69. The zero-order valence-corrected chi connectivity index (χ0v) is 15.2. The quantitative estimate of drug-likeness (QED) is 0.440. The van der Waals surface area contributed by atoms with E-state index in [0.29, 0.717) is 5.46 Å². The number of nitrogens with one attached hydrogen (secondary N) is 2. The molecule has 128 valence electrons. The Hall–Kier alpha value is -2.95. The van der Waals surface area contributed by atoms with Crippen LogP contribution in [0.25, 0.3) is 21.9 Å². The van der Waals surface area contributed by atoms with Gasteiger partial charge < -0.3 is 14.7 Å². The van der Waals surface area contributed by atoms with Crippen molar-refractivity contribution in [2.24, 2.45) is 0 Å². The van der Waals surface area contributed by atoms with Crippen molar-refractivity contribution in [3.8, 4) is 5.75 Å². The van der Waals surface area contributed by atoms with Crippen molar-refractivity contribution >= 4 is 35.2 Å². The number of hydrogen-bond acceptors (Lipinski definition) is 2. The normalized spacial score (nSPS) is 13.8. The Morgan fingerprint density at radius 2 is 2.08 bits per heavy atom. The summed E-state index contributed by atoms with van der Waals surface area (Å²) in [6.45, 7) is 8.28. The van der Waals surface area contributed by atoms with E-state index >= 15 is 0 Å². The van der Waals surface area contributed by atoms with Gasteiger partial charge in [-0.2, -0.15) is 0 Å². The number of aromatic nitrogens is 3. The molecule has 0 fully saturated rings. The van der Waals surface area contributed by atoms with E-state index in [4.69, 9.17) is 17.6 Å². The Morgan fingerprint density at radius 3 is 2.81 bits per heavy atom. The van der Waals surface area contributed by atoms with Gasteiger partial charge in [-0.1, -0.05) is 17.6 Å². The van der Waals surface area contributed by atoms with Gasteiger partial charge in [-0.25, -0.2) is 4.98 Å². The zero-order valence-electron chi connectivity index (χ0n) is 15.2. The number of rotatable bonds is 4. The molecular weight excluding hydrogens is 321 g/mol. The fourth-order valence-corrected chi connectivity index (χ4v) is 3.66. The number of fused-ring (bicyclic) bond motifs is 2. The first-order valence-corrected chi connectivity index (χ1v) is 8.52. The van der Waals surface area contributed by atoms with Crippen LogP contribution in [0.5, 0.6) is 5.75 Å². The largest absolute Gasteiger partial charge is 0.496 e. The second-order valence-electron chi connectivity index (χ2n) is 6.81. The Morgan fingerprint density at radius 1 is 1.27 bits per heavy atom. The van der Waals surface area contributed by atoms with E-state index in [1.54, 1.807) is 7.11 Å². The van der Waals surface area contributed by atoms with Crippen LogP contribution >= 0.6 is 0 Å². The third kappa shape index (κ3) is 2.27. The standard InChI is InChI=1S/C21H20BN3O/c1-5-21(3,20-24-15-7-6-13(22)11-16(15)25-20)18-14-8-9-23-19(14)12(2)10-17(18)26-4/h5-11,23H,1H2,2-4H3,(H,24,25). The van der Waals surface area contributed by atoms with E-state index in [-0.39, 0.29) is 0 Å². The third-order valence-electron chi connectivity index (χ3n) is 5.15. The van der Waals surface area contributed by atoms with E-state index in [9.17, 15) is 0 Å². The van der Waals surface area contributed by atoms with Crippen LogP contribution in [-0.4, -0.2) is 29.9 Å². The summed E-state index contributed by atoms with van der Waals surface area (Å²) in [5.41, 5.74) is 5.18. The molecule has 0 aliphatic carbocycles. The minimum Gasteiger partial charge on any atom is -0.496 e. The molecule has 0 bridgehead atoms. The molecule has 2 aromatic heterocycles. The maximum absolute atomic E-state index is 5.92. The molecule has 1 unspecified atom stereocenters. The first-order valence-electron chi connectivity index (χ1n) is 8.52. The number of nitrogens with zero attached hydrogens (tertiary/aromatic N) is 1. The molecule has 0 amide bonds. The predicted octanol–water partition coefficient (Wildman–Crippen LogP) is 3.65. The van der Waals surface area contributed by atoms with Crippen LogP contribution in [0.1, 0.15) is 23.9 Å². The second-order valence-corrected chi connectivity index (χ2v) is 6.81. The average molecular weight is 341 g/mol. The van der Waals surface area contributed by atoms with Crippen LogP contribution < -0.4 is 10.2 Å². The fourth-order valence-electron chi connectivity index (χ4n) is 3.66. The number of imidazole rings is 1. The van der Waals surface area contributed by atoms with E-state index in [0.717, 1.165) is 44.6 Å². The summed E-state index contributed by atoms with van der Waals surface area (Å²) in [7, 11) is 7.61. The minimum absolute atomic E-state index is 0.562. The van der Waals surface area contributed by atoms with Crippen LogP contribution in [0, 0.1) is 6.92 Å². The highest BCUT2D eigenvalue weighted by Gasteiger charge is 2.34. The number of H-pyrrole nitrogens is 2. The van der Waals surface area contributed by atoms with Gasteiger partial charge in [0, 0.05) is 22.7 Å². The molecule has 4 nitrogen and oxygen atoms in total. The number of allylic oxidation sites excluding steroid dienone is 1. The van der Waals surface area contributed by atoms with Crippen molar-refractivity contribution < 1.29 is 4.74 Å². The van der Waals surface area contributed by atoms with Crippen LogP contribution in [0.15, 0.2) is 49.2 Å². The van der Waals surface area contributed by atoms with Crippen LogP contribution in [0.4, 0.5) is 0 Å². The Balaban J connectivity index is 2.04. The lowest BCUT2D eigenvalue weighted by Crippen LogP contribution is -2.23. The number of benzene rings is 2. The highest BCUT2D eigenvalue weighted by molar-refractivity contribution is 6.33. The lowest BCUT2D eigenvalue weighted by Gasteiger charge is -2.27. The van der Waals surface area contributed by atoms with Gasteiger partial charge in [0.2, 0.25) is 0 Å². The number of methoxy groups -OCH3 is 1. The molecule has 0 saturated carbocycles. The molecule has 2 radical (unpaired) electrons. The first-order chi connectivity index (χ1) is 12.5. The lowest BCUT2D eigenvalue weighted by atomic mass is 9.79. The molecule has 2 N–H and O–H groups in total. The summed E-state index contributed by atoms with van der Waals surface area (Å²) in [6.07, 6.45) is 3.86. The lowest BCUT2D eigenvalue weighted by molar-refractivity contribution is 0.404. The van der Waals surface area contributed by atoms with Gasteiger partial charge in [0.15, 0.2) is 0 Å². The molecule has 0 saturated heterocycles. The van der Waals surface area contributed by atoms with Gasteiger partial charge >= 0.3 is 0 Å². The van der Waals surface area contributed by atoms with Gasteiger partial charge in [0.05, 0.1) is 23.6 Å². The van der Waals surface area contributed by atoms with E-state index < -0.39 is 5.41 Å². The smallest absolute Gasteiger partial charge is 0.124 e. The molecule has 0 aliphatic heterocycles. The number of aromatic amines is 2. The van der Waals surface area contributed by atoms with Crippen molar-refractivity contribution in [2.75, 3.05) is 7.11 Å². The van der Waals surface area contributed by atoms with Gasteiger partial charge in [0.25, 0.3) is 0 Å². The number of ether oxygens (including phenoxy) is 1. The topological polar surface area (TPSA) is 53.7 Å². The maximum atomic E-state index is 5.92. The Bertz CT molecular complexity index is 1140. The zero-order chi connectivity index (χ0) is 18.5. The van der Waals surface area contributed by atoms with Crippen LogP contribution in [0.2, 0.25) is 0 Å². The second kappa shape index (κ2) is 5.80. The van der Waals surface area contributed by atoms with Gasteiger partial charge in [-0.15, -0.1) is 6.58 Å². The molecule has 0 spiro atoms. The molecular formula is C21H20BN3O. The highest BCUT2D eigenvalue weighted by atomic mass is 16.5. The summed E-state index contributed by atoms with van der Waals surface area (Å²) in [6, 6.07) is 9.80. The van der Waals surface area contributed by atoms with Crippen molar-refractivity contribution in [1.82, 2.24) is 15.0 Å². The van der Waals surface area contributed by atoms with Gasteiger partial charge in [-0.05, 0) is 43.7 Å². The minimum atomic E-state index is -0.562. The van der Waals surface area contributed by atoms with Crippen molar-refractivity contribution in [3.63, 3.8) is 0 Å². The maximum Gasteiger partial charge on any atom is 0.124 e. The monoisotopic (exact) mass is 341 g/mol. The first kappa shape index (κ1) is 16.5. The van der Waals surface area contributed by atoms with E-state index in [1.807, 2.05) is 30.5 Å². The Labute approximate surface area is 153 Å². The van der Waals surface area contributed by atoms with E-state index in [2.05, 4.69) is 42.5 Å². The number of hydrogen-bond donors (Lipinski definition) is 2. The average Bonchev–Trinajstić information content (AvgIpc) is 3.27. The fraction of sp³-hybridized carbons (Fsp3) is 0.190. The molecule has 26 heavy (non-hydrogen) atoms. The van der Waals surface area contributed by atoms with Crippen molar-refractivity contribution in [2.45, 2.75) is 19.3 Å². The molecule has 4 aromatic rings. The SMILES string of the molecule is [B]c1ccc2nc(C(C)(C=C)c3c(OC)cc(C)c4[nH]ccc34)[nH]c2c1. The molecule has 5 heteroatoms. The highest BCUT2D eigenvalue weighted by Crippen LogP contribution is 2.43. The van der Waals surface area contributed by atoms with E-state index in [1.165, 1.54) is 0 Å².